The van der Waals surface area contributed by atoms with E-state index in [4.69, 9.17) is 4.74 Å². The number of carbonyl (C=O) groups excluding carboxylic acids is 2. The molecule has 2 atom stereocenters. The van der Waals surface area contributed by atoms with E-state index in [1.807, 2.05) is 0 Å². The van der Waals surface area contributed by atoms with Crippen molar-refractivity contribution in [3.05, 3.63) is 12.7 Å². The van der Waals surface area contributed by atoms with Crippen LogP contribution in [-0.4, -0.2) is 24.6 Å². The highest BCUT2D eigenvalue weighted by Crippen LogP contribution is 2.12. The van der Waals surface area contributed by atoms with Crippen LogP contribution in [-0.2, 0) is 19.1 Å². The second-order valence-electron chi connectivity index (χ2n) is 2.91. The molecule has 72 valence electrons. The molecule has 0 bridgehead atoms. The summed E-state index contributed by atoms with van der Waals surface area (Å²) < 4.78 is 9.53. The molecule has 1 saturated heterocycles. The van der Waals surface area contributed by atoms with Gasteiger partial charge in [-0.3, -0.25) is 4.79 Å². The highest BCUT2D eigenvalue weighted by Gasteiger charge is 2.30. The topological polar surface area (TPSA) is 52.6 Å². The summed E-state index contributed by atoms with van der Waals surface area (Å²) in [5.41, 5.74) is 0. The van der Waals surface area contributed by atoms with Crippen LogP contribution in [0.3, 0.4) is 0 Å². The molecular formula is C9H12O4. The third-order valence-electron chi connectivity index (χ3n) is 1.87. The van der Waals surface area contributed by atoms with E-state index < -0.39 is 18.0 Å². The maximum atomic E-state index is 11.2. The first-order valence-electron chi connectivity index (χ1n) is 4.15. The van der Waals surface area contributed by atoms with Gasteiger partial charge < -0.3 is 9.47 Å². The van der Waals surface area contributed by atoms with Crippen LogP contribution in [0.5, 0.6) is 0 Å². The molecule has 0 aromatic carbocycles. The molecule has 2 unspecified atom stereocenters. The molecule has 0 aromatic heterocycles. The van der Waals surface area contributed by atoms with Crippen molar-refractivity contribution in [3.8, 4) is 0 Å². The predicted octanol–water partition coefficient (Wildman–Crippen LogP) is 0.667. The number of hydrogen-bond donors (Lipinski definition) is 0. The zero-order valence-electron chi connectivity index (χ0n) is 7.49. The molecule has 1 fully saturated rings. The average molecular weight is 184 g/mol. The third-order valence-corrected chi connectivity index (χ3v) is 1.87. The maximum absolute atomic E-state index is 11.2. The van der Waals surface area contributed by atoms with Gasteiger partial charge in [-0.05, 0) is 6.92 Å². The second kappa shape index (κ2) is 4.07. The number of esters is 2. The average Bonchev–Trinajstić information content (AvgIpc) is 2.50. The Morgan fingerprint density at radius 2 is 2.54 bits per heavy atom. The molecule has 1 aliphatic rings. The van der Waals surface area contributed by atoms with Crippen molar-refractivity contribution in [1.82, 2.24) is 0 Å². The maximum Gasteiger partial charge on any atom is 0.347 e. The molecule has 0 N–H and O–H groups in total. The van der Waals surface area contributed by atoms with Crippen molar-refractivity contribution in [2.24, 2.45) is 5.92 Å². The van der Waals surface area contributed by atoms with Gasteiger partial charge in [-0.2, -0.15) is 0 Å². The van der Waals surface area contributed by atoms with Crippen LogP contribution in [0.15, 0.2) is 12.7 Å². The van der Waals surface area contributed by atoms with E-state index in [1.54, 1.807) is 6.92 Å². The van der Waals surface area contributed by atoms with Crippen molar-refractivity contribution in [2.75, 3.05) is 6.61 Å². The molecule has 4 nitrogen and oxygen atoms in total. The molecule has 13 heavy (non-hydrogen) atoms. The van der Waals surface area contributed by atoms with Crippen LogP contribution in [0.4, 0.5) is 0 Å². The molecule has 0 aliphatic carbocycles. The van der Waals surface area contributed by atoms with Gasteiger partial charge in [0.05, 0.1) is 12.5 Å². The van der Waals surface area contributed by atoms with E-state index >= 15 is 0 Å². The van der Waals surface area contributed by atoms with Crippen LogP contribution < -0.4 is 0 Å². The van der Waals surface area contributed by atoms with Gasteiger partial charge in [-0.15, -0.1) is 6.58 Å². The SMILES string of the molecule is C=CC(C)C(=O)OC1CCOC1=O. The molecule has 0 aromatic rings. The predicted molar refractivity (Wildman–Crippen MR) is 44.8 cm³/mol. The quantitative estimate of drug-likeness (QED) is 0.477. The summed E-state index contributed by atoms with van der Waals surface area (Å²) in [6.07, 6.45) is 1.21. The Kier molecular flexibility index (Phi) is 3.06. The third kappa shape index (κ3) is 2.31. The molecule has 0 spiro atoms. The Bertz CT molecular complexity index is 234. The molecule has 4 heteroatoms. The number of hydrogen-bond acceptors (Lipinski definition) is 4. The van der Waals surface area contributed by atoms with Gasteiger partial charge in [-0.1, -0.05) is 6.08 Å². The number of rotatable bonds is 3. The normalized spacial score (nSPS) is 23.5. The second-order valence-corrected chi connectivity index (χ2v) is 2.91. The van der Waals surface area contributed by atoms with Gasteiger partial charge in [0, 0.05) is 6.42 Å². The van der Waals surface area contributed by atoms with Crippen LogP contribution in [0.1, 0.15) is 13.3 Å². The zero-order chi connectivity index (χ0) is 9.84. The highest BCUT2D eigenvalue weighted by atomic mass is 16.6. The molecule has 1 rings (SSSR count). The molecule has 0 saturated carbocycles. The summed E-state index contributed by atoms with van der Waals surface area (Å²) in [6, 6.07) is 0. The van der Waals surface area contributed by atoms with E-state index in [0.29, 0.717) is 13.0 Å². The fraction of sp³-hybridized carbons (Fsp3) is 0.556. The summed E-state index contributed by atoms with van der Waals surface area (Å²) >= 11 is 0. The molecular weight excluding hydrogens is 172 g/mol. The van der Waals surface area contributed by atoms with Crippen molar-refractivity contribution in [1.29, 1.82) is 0 Å². The van der Waals surface area contributed by atoms with Crippen molar-refractivity contribution in [2.45, 2.75) is 19.4 Å². The van der Waals surface area contributed by atoms with Gasteiger partial charge in [0.15, 0.2) is 0 Å². The van der Waals surface area contributed by atoms with Crippen molar-refractivity contribution in [3.63, 3.8) is 0 Å². The number of carbonyl (C=O) groups is 2. The first kappa shape index (κ1) is 9.77. The van der Waals surface area contributed by atoms with E-state index in [2.05, 4.69) is 11.3 Å². The van der Waals surface area contributed by atoms with Gasteiger partial charge >= 0.3 is 11.9 Å². The van der Waals surface area contributed by atoms with E-state index in [0.717, 1.165) is 0 Å². The molecule has 1 heterocycles. The molecule has 0 radical (unpaired) electrons. The van der Waals surface area contributed by atoms with E-state index in [9.17, 15) is 9.59 Å². The Morgan fingerprint density at radius 3 is 3.00 bits per heavy atom. The minimum absolute atomic E-state index is 0.333. The Hall–Kier alpha value is -1.32. The summed E-state index contributed by atoms with van der Waals surface area (Å²) in [6.45, 7) is 5.45. The largest absolute Gasteiger partial charge is 0.463 e. The lowest BCUT2D eigenvalue weighted by Crippen LogP contribution is -2.25. The minimum Gasteiger partial charge on any atom is -0.463 e. The fourth-order valence-electron chi connectivity index (χ4n) is 0.928. The zero-order valence-corrected chi connectivity index (χ0v) is 7.49. The summed E-state index contributed by atoms with van der Waals surface area (Å²) in [4.78, 5) is 22.1. The van der Waals surface area contributed by atoms with Gasteiger partial charge in [-0.25, -0.2) is 4.79 Å². The molecule has 0 amide bonds. The van der Waals surface area contributed by atoms with Crippen LogP contribution in [0.2, 0.25) is 0 Å². The summed E-state index contributed by atoms with van der Waals surface area (Å²) in [7, 11) is 0. The van der Waals surface area contributed by atoms with Crippen molar-refractivity contribution < 1.29 is 19.1 Å². The smallest absolute Gasteiger partial charge is 0.347 e. The molecule has 1 aliphatic heterocycles. The van der Waals surface area contributed by atoms with Crippen LogP contribution in [0.25, 0.3) is 0 Å². The standard InChI is InChI=1S/C9H12O4/c1-3-6(2)8(10)13-7-4-5-12-9(7)11/h3,6-7H,1,4-5H2,2H3. The van der Waals surface area contributed by atoms with E-state index in [1.165, 1.54) is 6.08 Å². The van der Waals surface area contributed by atoms with E-state index in [-0.39, 0.29) is 5.92 Å². The Labute approximate surface area is 76.5 Å². The van der Waals surface area contributed by atoms with Gasteiger partial charge in [0.25, 0.3) is 0 Å². The van der Waals surface area contributed by atoms with Crippen molar-refractivity contribution >= 4 is 11.9 Å². The minimum atomic E-state index is -0.713. The number of ether oxygens (including phenoxy) is 2. The summed E-state index contributed by atoms with van der Waals surface area (Å²) in [5.74, 6) is -1.27. The first-order valence-corrected chi connectivity index (χ1v) is 4.15. The Balaban J connectivity index is 2.44. The van der Waals surface area contributed by atoms with Crippen LogP contribution >= 0.6 is 0 Å². The van der Waals surface area contributed by atoms with Gasteiger partial charge in [0.2, 0.25) is 6.10 Å². The number of cyclic esters (lactones) is 1. The lowest BCUT2D eigenvalue weighted by atomic mass is 10.2. The Morgan fingerprint density at radius 1 is 1.85 bits per heavy atom. The van der Waals surface area contributed by atoms with Gasteiger partial charge in [0.1, 0.15) is 0 Å². The lowest BCUT2D eigenvalue weighted by Gasteiger charge is -2.10. The summed E-state index contributed by atoms with van der Waals surface area (Å²) in [5, 5.41) is 0. The first-order chi connectivity index (χ1) is 6.15. The highest BCUT2D eigenvalue weighted by molar-refractivity contribution is 5.81. The fourth-order valence-corrected chi connectivity index (χ4v) is 0.928. The monoisotopic (exact) mass is 184 g/mol. The lowest BCUT2D eigenvalue weighted by molar-refractivity contribution is -0.161. The van der Waals surface area contributed by atoms with Crippen LogP contribution in [0, 0.1) is 5.92 Å².